The minimum atomic E-state index is -0.658. The maximum Gasteiger partial charge on any atom is 0.263 e. The number of hydrogen-bond donors (Lipinski definition) is 3. The van der Waals surface area contributed by atoms with Crippen LogP contribution in [0.15, 0.2) is 41.3 Å². The van der Waals surface area contributed by atoms with Crippen LogP contribution in [-0.2, 0) is 9.53 Å². The van der Waals surface area contributed by atoms with Crippen LogP contribution >= 0.6 is 0 Å². The summed E-state index contributed by atoms with van der Waals surface area (Å²) in [5.41, 5.74) is 0.583. The number of aromatic nitrogens is 3. The van der Waals surface area contributed by atoms with Crippen molar-refractivity contribution in [2.45, 2.75) is 59.0 Å². The van der Waals surface area contributed by atoms with Gasteiger partial charge in [-0.05, 0) is 18.6 Å². The summed E-state index contributed by atoms with van der Waals surface area (Å²) in [5.74, 6) is 5.93. The lowest BCUT2D eigenvalue weighted by Gasteiger charge is -2.17. The molecule has 3 heterocycles. The van der Waals surface area contributed by atoms with E-state index in [0.717, 1.165) is 5.56 Å². The molecule has 3 N–H and O–H groups in total. The van der Waals surface area contributed by atoms with Crippen molar-refractivity contribution in [2.75, 3.05) is 5.32 Å². The number of benzene rings is 1. The molecule has 0 saturated carbocycles. The summed E-state index contributed by atoms with van der Waals surface area (Å²) < 4.78 is 7.76. The molecule has 3 atom stereocenters. The lowest BCUT2D eigenvalue weighted by atomic mass is 9.96. The van der Waals surface area contributed by atoms with Gasteiger partial charge in [-0.15, -0.1) is 0 Å². The predicted molar refractivity (Wildman–Crippen MR) is 126 cm³/mol. The molecule has 0 radical (unpaired) electrons. The third-order valence-electron chi connectivity index (χ3n) is 5.63. The van der Waals surface area contributed by atoms with Crippen molar-refractivity contribution in [3.8, 4) is 11.8 Å². The zero-order valence-corrected chi connectivity index (χ0v) is 19.2. The molecule has 1 aromatic carbocycles. The fraction of sp³-hybridized carbons (Fsp3) is 0.400. The standard InChI is InChI=1S/C25H28N4O4/c1-5-18-17(30)13-19(33-18)29-14-16(12-11-15-9-7-6-8-10-15)20-21(29)26-24(27-22(20)31)28-23(32)25(2,3)4/h6-10,14,17-19,30H,5,13H2,1-4H3,(H2,26,27,28,31,32)/t17-,18-,19-/m1/s1. The number of nitrogens with zero attached hydrogens (tertiary/aromatic N) is 2. The second kappa shape index (κ2) is 8.85. The number of carbonyl (C=O) groups is 1. The van der Waals surface area contributed by atoms with E-state index in [0.29, 0.717) is 29.4 Å². The molecule has 1 fully saturated rings. The van der Waals surface area contributed by atoms with Gasteiger partial charge in [0.25, 0.3) is 5.56 Å². The summed E-state index contributed by atoms with van der Waals surface area (Å²) in [6.45, 7) is 7.27. The highest BCUT2D eigenvalue weighted by molar-refractivity contribution is 5.94. The number of aromatic amines is 1. The smallest absolute Gasteiger partial charge is 0.263 e. The Balaban J connectivity index is 1.83. The van der Waals surface area contributed by atoms with Crippen LogP contribution in [0.2, 0.25) is 0 Å². The van der Waals surface area contributed by atoms with Gasteiger partial charge < -0.3 is 14.4 Å². The maximum atomic E-state index is 13.1. The number of aliphatic hydroxyl groups is 1. The van der Waals surface area contributed by atoms with E-state index in [9.17, 15) is 14.7 Å². The second-order valence-corrected chi connectivity index (χ2v) is 9.22. The first-order chi connectivity index (χ1) is 15.7. The molecule has 3 aromatic rings. The van der Waals surface area contributed by atoms with Gasteiger partial charge in [0, 0.05) is 23.6 Å². The third kappa shape index (κ3) is 4.70. The number of aliphatic hydroxyl groups excluding tert-OH is 1. The summed E-state index contributed by atoms with van der Waals surface area (Å²) in [6.07, 6.45) is 1.35. The first-order valence-corrected chi connectivity index (χ1v) is 11.0. The molecule has 0 unspecified atom stereocenters. The van der Waals surface area contributed by atoms with Gasteiger partial charge in [0.1, 0.15) is 6.23 Å². The van der Waals surface area contributed by atoms with Gasteiger partial charge in [0.05, 0.1) is 23.2 Å². The highest BCUT2D eigenvalue weighted by Crippen LogP contribution is 2.33. The second-order valence-electron chi connectivity index (χ2n) is 9.22. The fourth-order valence-electron chi connectivity index (χ4n) is 3.74. The molecule has 8 nitrogen and oxygen atoms in total. The maximum absolute atomic E-state index is 13.1. The van der Waals surface area contributed by atoms with E-state index in [-0.39, 0.29) is 18.0 Å². The van der Waals surface area contributed by atoms with Gasteiger partial charge in [-0.3, -0.25) is 19.9 Å². The van der Waals surface area contributed by atoms with E-state index in [1.807, 2.05) is 37.3 Å². The van der Waals surface area contributed by atoms with Crippen molar-refractivity contribution in [3.63, 3.8) is 0 Å². The molecule has 33 heavy (non-hydrogen) atoms. The average Bonchev–Trinajstić information content (AvgIpc) is 3.32. The highest BCUT2D eigenvalue weighted by atomic mass is 16.5. The van der Waals surface area contributed by atoms with E-state index in [2.05, 4.69) is 27.1 Å². The van der Waals surface area contributed by atoms with Gasteiger partial charge in [-0.1, -0.05) is 57.7 Å². The van der Waals surface area contributed by atoms with Gasteiger partial charge in [0.15, 0.2) is 5.65 Å². The number of nitrogens with one attached hydrogen (secondary N) is 2. The number of H-pyrrole nitrogens is 1. The Morgan fingerprint density at radius 3 is 2.67 bits per heavy atom. The van der Waals surface area contributed by atoms with E-state index in [1.54, 1.807) is 31.5 Å². The van der Waals surface area contributed by atoms with Crippen LogP contribution < -0.4 is 10.9 Å². The molecule has 1 amide bonds. The number of rotatable bonds is 3. The van der Waals surface area contributed by atoms with Crippen LogP contribution in [-0.4, -0.2) is 37.8 Å². The molecule has 172 valence electrons. The van der Waals surface area contributed by atoms with Gasteiger partial charge in [-0.25, -0.2) is 0 Å². The zero-order valence-electron chi connectivity index (χ0n) is 19.2. The van der Waals surface area contributed by atoms with Crippen molar-refractivity contribution in [3.05, 3.63) is 58.0 Å². The summed E-state index contributed by atoms with van der Waals surface area (Å²) in [7, 11) is 0. The number of amides is 1. The minimum absolute atomic E-state index is 0.0555. The fourth-order valence-corrected chi connectivity index (χ4v) is 3.74. The van der Waals surface area contributed by atoms with Gasteiger partial charge in [-0.2, -0.15) is 4.98 Å². The Bertz CT molecular complexity index is 1290. The van der Waals surface area contributed by atoms with Crippen LogP contribution in [0.5, 0.6) is 0 Å². The first-order valence-electron chi connectivity index (χ1n) is 11.0. The zero-order chi connectivity index (χ0) is 23.8. The third-order valence-corrected chi connectivity index (χ3v) is 5.63. The number of carbonyl (C=O) groups excluding carboxylic acids is 1. The SMILES string of the molecule is CC[C@H]1O[C@@H](n2cc(C#Cc3ccccc3)c3c(=O)[nH]c(NC(=O)C(C)(C)C)nc32)C[C@H]1O. The Morgan fingerprint density at radius 2 is 2.03 bits per heavy atom. The van der Waals surface area contributed by atoms with Gasteiger partial charge in [0.2, 0.25) is 11.9 Å². The van der Waals surface area contributed by atoms with E-state index in [4.69, 9.17) is 4.74 Å². The molecule has 1 aliphatic rings. The Morgan fingerprint density at radius 1 is 1.30 bits per heavy atom. The molecule has 0 spiro atoms. The highest BCUT2D eigenvalue weighted by Gasteiger charge is 2.35. The quantitative estimate of drug-likeness (QED) is 0.533. The lowest BCUT2D eigenvalue weighted by Crippen LogP contribution is -2.29. The molecule has 0 aliphatic carbocycles. The van der Waals surface area contributed by atoms with Crippen LogP contribution in [0.3, 0.4) is 0 Å². The lowest BCUT2D eigenvalue weighted by molar-refractivity contribution is -0.123. The molecular formula is C25H28N4O4. The van der Waals surface area contributed by atoms with Crippen molar-refractivity contribution in [1.82, 2.24) is 14.5 Å². The van der Waals surface area contributed by atoms with Crippen molar-refractivity contribution in [2.24, 2.45) is 5.41 Å². The van der Waals surface area contributed by atoms with Crippen molar-refractivity contribution in [1.29, 1.82) is 0 Å². The molecular weight excluding hydrogens is 420 g/mol. The van der Waals surface area contributed by atoms with Crippen molar-refractivity contribution >= 4 is 22.9 Å². The summed E-state index contributed by atoms with van der Waals surface area (Å²) >= 11 is 0. The average molecular weight is 449 g/mol. The summed E-state index contributed by atoms with van der Waals surface area (Å²) in [6, 6.07) is 9.47. The Hall–Kier alpha value is -3.41. The molecule has 4 rings (SSSR count). The number of ether oxygens (including phenoxy) is 1. The van der Waals surface area contributed by atoms with E-state index >= 15 is 0 Å². The first kappa shape index (κ1) is 22.8. The number of fused-ring (bicyclic) bond motifs is 1. The molecule has 1 saturated heterocycles. The molecule has 8 heteroatoms. The largest absolute Gasteiger partial charge is 0.390 e. The topological polar surface area (TPSA) is 109 Å². The monoisotopic (exact) mass is 448 g/mol. The Kier molecular flexibility index (Phi) is 6.11. The van der Waals surface area contributed by atoms with Gasteiger partial charge >= 0.3 is 0 Å². The van der Waals surface area contributed by atoms with Crippen LogP contribution in [0.4, 0.5) is 5.95 Å². The number of hydrogen-bond acceptors (Lipinski definition) is 5. The molecule has 1 aliphatic heterocycles. The van der Waals surface area contributed by atoms with Crippen LogP contribution in [0.1, 0.15) is 57.9 Å². The number of anilines is 1. The van der Waals surface area contributed by atoms with E-state index in [1.165, 1.54) is 0 Å². The van der Waals surface area contributed by atoms with Crippen LogP contribution in [0.25, 0.3) is 11.0 Å². The molecule has 0 bridgehead atoms. The van der Waals surface area contributed by atoms with Crippen LogP contribution in [0, 0.1) is 17.3 Å². The summed E-state index contributed by atoms with van der Waals surface area (Å²) in [4.78, 5) is 32.7. The Labute approximate surface area is 192 Å². The van der Waals surface area contributed by atoms with E-state index < -0.39 is 23.3 Å². The normalized spacial score (nSPS) is 20.5. The van der Waals surface area contributed by atoms with Crippen molar-refractivity contribution < 1.29 is 14.6 Å². The predicted octanol–water partition coefficient (Wildman–Crippen LogP) is 3.17. The molecule has 2 aromatic heterocycles. The minimum Gasteiger partial charge on any atom is -0.390 e. The summed E-state index contributed by atoms with van der Waals surface area (Å²) in [5, 5.41) is 13.4.